The van der Waals surface area contributed by atoms with E-state index in [1.165, 1.54) is 0 Å². The van der Waals surface area contributed by atoms with Crippen LogP contribution >= 0.6 is 0 Å². The number of ether oxygens (including phenoxy) is 1. The Bertz CT molecular complexity index is 479. The van der Waals surface area contributed by atoms with E-state index in [2.05, 4.69) is 0 Å². The summed E-state index contributed by atoms with van der Waals surface area (Å²) >= 11 is 0. The van der Waals surface area contributed by atoms with E-state index >= 15 is 0 Å². The van der Waals surface area contributed by atoms with Crippen LogP contribution in [0.1, 0.15) is 20.7 Å². The largest absolute Gasteiger partial charge is 0.316 e. The smallest absolute Gasteiger partial charge is 0.316 e. The standard InChI is InChI=1S/C14H10O3.Ba.Mg.4H/c15-13(11-7-3-1-4-8-11)17-14(16)12-9-5-2-6-10-12;;;;;;/h1-10H;;;;;;. The molecular formula is C14H14BaMgO3. The molecule has 5 heteroatoms. The van der Waals surface area contributed by atoms with E-state index in [4.69, 9.17) is 4.74 Å². The molecule has 19 heavy (non-hydrogen) atoms. The van der Waals surface area contributed by atoms with Gasteiger partial charge in [0, 0.05) is 0 Å². The molecule has 0 aromatic heterocycles. The van der Waals surface area contributed by atoms with Gasteiger partial charge in [-0.15, -0.1) is 0 Å². The molecule has 0 aliphatic carbocycles. The van der Waals surface area contributed by atoms with Crippen molar-refractivity contribution < 1.29 is 14.3 Å². The van der Waals surface area contributed by atoms with Crippen LogP contribution in [0.15, 0.2) is 60.7 Å². The average Bonchev–Trinajstić information content (AvgIpc) is 2.40. The number of carbonyl (C=O) groups excluding carboxylic acids is 2. The Kier molecular flexibility index (Phi) is 9.72. The van der Waals surface area contributed by atoms with Crippen LogP contribution in [0, 0.1) is 0 Å². The van der Waals surface area contributed by atoms with Crippen LogP contribution in [0.2, 0.25) is 0 Å². The molecule has 0 atom stereocenters. The molecule has 0 aliphatic rings. The number of carbonyl (C=O) groups is 2. The maximum absolute atomic E-state index is 11.6. The van der Waals surface area contributed by atoms with Gasteiger partial charge in [-0.2, -0.15) is 0 Å². The van der Waals surface area contributed by atoms with Gasteiger partial charge in [0.15, 0.2) is 0 Å². The minimum atomic E-state index is -0.639. The Balaban J connectivity index is 0.00000162. The molecule has 0 radical (unpaired) electrons. The van der Waals surface area contributed by atoms with Gasteiger partial charge >= 0.3 is 83.9 Å². The van der Waals surface area contributed by atoms with Crippen LogP contribution in [0.25, 0.3) is 0 Å². The van der Waals surface area contributed by atoms with Gasteiger partial charge in [-0.05, 0) is 24.3 Å². The van der Waals surface area contributed by atoms with E-state index < -0.39 is 11.9 Å². The normalized spacial score (nSPS) is 8.63. The van der Waals surface area contributed by atoms with Crippen molar-refractivity contribution in [2.24, 2.45) is 0 Å². The summed E-state index contributed by atoms with van der Waals surface area (Å²) in [6.45, 7) is 0. The topological polar surface area (TPSA) is 43.4 Å². The molecule has 92 valence electrons. The fraction of sp³-hybridized carbons (Fsp3) is 0. The molecule has 2 aromatic rings. The van der Waals surface area contributed by atoms with Gasteiger partial charge < -0.3 is 4.74 Å². The number of rotatable bonds is 2. The van der Waals surface area contributed by atoms with Crippen LogP contribution in [-0.2, 0) is 4.74 Å². The molecule has 0 spiro atoms. The summed E-state index contributed by atoms with van der Waals surface area (Å²) in [6, 6.07) is 16.8. The second-order valence-electron chi connectivity index (χ2n) is 3.41. The number of benzene rings is 2. The first kappa shape index (κ1) is 18.9. The molecule has 0 aliphatic heterocycles. The number of esters is 2. The van der Waals surface area contributed by atoms with Crippen molar-refractivity contribution in [1.29, 1.82) is 0 Å². The Morgan fingerprint density at radius 2 is 1.00 bits per heavy atom. The van der Waals surface area contributed by atoms with Gasteiger partial charge in [-0.1, -0.05) is 36.4 Å². The van der Waals surface area contributed by atoms with E-state index in [1.807, 2.05) is 0 Å². The van der Waals surface area contributed by atoms with Gasteiger partial charge in [0.25, 0.3) is 0 Å². The monoisotopic (exact) mass is 392 g/mol. The Morgan fingerprint density at radius 3 is 1.32 bits per heavy atom. The SMILES string of the molecule is O=C(OC(=O)c1ccccc1)c1ccccc1.[BaH2].[MgH2]. The van der Waals surface area contributed by atoms with Gasteiger partial charge in [0.1, 0.15) is 0 Å². The molecule has 3 nitrogen and oxygen atoms in total. The van der Waals surface area contributed by atoms with Crippen LogP contribution < -0.4 is 0 Å². The first-order valence-corrected chi connectivity index (χ1v) is 5.14. The zero-order valence-corrected chi connectivity index (χ0v) is 9.00. The first-order chi connectivity index (χ1) is 8.27. The maximum Gasteiger partial charge on any atom is 0.316 e. The van der Waals surface area contributed by atoms with Crippen molar-refractivity contribution in [2.75, 3.05) is 0 Å². The summed E-state index contributed by atoms with van der Waals surface area (Å²) < 4.78 is 4.74. The minimum absolute atomic E-state index is 0. The summed E-state index contributed by atoms with van der Waals surface area (Å²) in [5, 5.41) is 0. The third-order valence-electron chi connectivity index (χ3n) is 2.20. The predicted molar refractivity (Wildman–Crippen MR) is 79.7 cm³/mol. The van der Waals surface area contributed by atoms with Gasteiger partial charge in [-0.25, -0.2) is 9.59 Å². The third kappa shape index (κ3) is 5.82. The van der Waals surface area contributed by atoms with E-state index in [0.717, 1.165) is 0 Å². The summed E-state index contributed by atoms with van der Waals surface area (Å²) in [7, 11) is 0. The maximum atomic E-state index is 11.6. The Labute approximate surface area is 168 Å². The van der Waals surface area contributed by atoms with Crippen molar-refractivity contribution in [3.63, 3.8) is 0 Å². The fourth-order valence-corrected chi connectivity index (χ4v) is 1.35. The summed E-state index contributed by atoms with van der Waals surface area (Å²) in [4.78, 5) is 23.2. The molecule has 0 saturated heterocycles. The van der Waals surface area contributed by atoms with Crippen molar-refractivity contribution in [2.45, 2.75) is 0 Å². The summed E-state index contributed by atoms with van der Waals surface area (Å²) in [5.74, 6) is -1.28. The van der Waals surface area contributed by atoms with Crippen LogP contribution in [-0.4, -0.2) is 83.9 Å². The summed E-state index contributed by atoms with van der Waals surface area (Å²) in [5.41, 5.74) is 0.716. The predicted octanol–water partition coefficient (Wildman–Crippen LogP) is 0.851. The quantitative estimate of drug-likeness (QED) is 0.433. The molecule has 0 unspecified atom stereocenters. The number of hydrogen-bond donors (Lipinski definition) is 0. The van der Waals surface area contributed by atoms with Gasteiger partial charge in [0.2, 0.25) is 0 Å². The Hall–Kier alpha value is -0.0823. The molecule has 2 rings (SSSR count). The van der Waals surface area contributed by atoms with Crippen molar-refractivity contribution in [3.8, 4) is 0 Å². The van der Waals surface area contributed by atoms with Crippen molar-refractivity contribution >= 4 is 83.9 Å². The number of hydrogen-bond acceptors (Lipinski definition) is 3. The van der Waals surface area contributed by atoms with Crippen LogP contribution in [0.3, 0.4) is 0 Å². The van der Waals surface area contributed by atoms with Crippen LogP contribution in [0.5, 0.6) is 0 Å². The fourth-order valence-electron chi connectivity index (χ4n) is 1.35. The second-order valence-corrected chi connectivity index (χ2v) is 3.41. The van der Waals surface area contributed by atoms with Gasteiger partial charge in [0.05, 0.1) is 11.1 Å². The average molecular weight is 392 g/mol. The molecule has 0 fully saturated rings. The molecule has 0 saturated carbocycles. The molecule has 0 amide bonds. The molecule has 0 heterocycles. The Morgan fingerprint density at radius 1 is 0.684 bits per heavy atom. The zero-order valence-electron chi connectivity index (χ0n) is 9.00. The molecule has 2 aromatic carbocycles. The summed E-state index contributed by atoms with van der Waals surface area (Å²) in [6.07, 6.45) is 0. The first-order valence-electron chi connectivity index (χ1n) is 5.14. The van der Waals surface area contributed by atoms with E-state index in [1.54, 1.807) is 60.7 Å². The second kappa shape index (κ2) is 9.76. The van der Waals surface area contributed by atoms with E-state index in [0.29, 0.717) is 11.1 Å². The molecule has 0 N–H and O–H groups in total. The van der Waals surface area contributed by atoms with E-state index in [9.17, 15) is 9.59 Å². The molecular weight excluding hydrogens is 378 g/mol. The minimum Gasteiger partial charge on any atom is 0.316 e. The molecule has 0 bridgehead atoms. The van der Waals surface area contributed by atoms with Crippen LogP contribution in [0.4, 0.5) is 0 Å². The van der Waals surface area contributed by atoms with Crippen molar-refractivity contribution in [1.82, 2.24) is 0 Å². The van der Waals surface area contributed by atoms with Gasteiger partial charge in [-0.3, -0.25) is 0 Å². The third-order valence-corrected chi connectivity index (χ3v) is 2.20. The zero-order chi connectivity index (χ0) is 12.1. The van der Waals surface area contributed by atoms with E-state index in [-0.39, 0.29) is 71.9 Å². The van der Waals surface area contributed by atoms with Crippen molar-refractivity contribution in [3.05, 3.63) is 71.8 Å².